The molecule has 7 N–H and O–H groups in total. The Balaban J connectivity index is -0.00000000533. The fourth-order valence-corrected chi connectivity index (χ4v) is 0. The molecule has 0 aliphatic heterocycles. The van der Waals surface area contributed by atoms with Crippen LogP contribution in [0.15, 0.2) is 0 Å². The van der Waals surface area contributed by atoms with Gasteiger partial charge in [0, 0.05) is 0 Å². The second-order valence-electron chi connectivity index (χ2n) is 0.513. The van der Waals surface area contributed by atoms with Gasteiger partial charge in [0.1, 0.15) is 0 Å². The molecule has 0 aromatic rings. The molecule has 0 unspecified atom stereocenters. The third kappa shape index (κ3) is 173. The van der Waals surface area contributed by atoms with E-state index >= 15 is 0 Å². The van der Waals surface area contributed by atoms with Gasteiger partial charge in [-0.2, -0.15) is 0 Å². The second kappa shape index (κ2) is 8.29. The second-order valence-corrected chi connectivity index (χ2v) is 1.54. The molecule has 0 aliphatic carbocycles. The zero-order valence-electron chi connectivity index (χ0n) is 6.90. The van der Waals surface area contributed by atoms with Gasteiger partial charge in [0.25, 0.3) is 0 Å². The Hall–Kier alpha value is 1.29. The number of hydrogen-bond donors (Lipinski definition) is 3. The van der Waals surface area contributed by atoms with Crippen LogP contribution in [0.5, 0.6) is 0 Å². The Morgan fingerprint density at radius 2 is 1.25 bits per heavy atom. The summed E-state index contributed by atoms with van der Waals surface area (Å²) in [6.07, 6.45) is 0. The Kier molecular flexibility index (Phi) is 23.6. The van der Waals surface area contributed by atoms with Crippen LogP contribution in [0.3, 0.4) is 0 Å². The minimum Gasteiger partial charge on any atom is -1.00 e. The van der Waals surface area contributed by atoms with E-state index in [1.165, 1.54) is 0 Å². The molecular weight excluding hydrogens is 167 g/mol. The van der Waals surface area contributed by atoms with Crippen molar-refractivity contribution >= 4 is 45.6 Å². The number of rotatable bonds is 0. The van der Waals surface area contributed by atoms with Gasteiger partial charge in [-0.25, -0.2) is 4.57 Å². The molecular formula is H10CaO6P+. The van der Waals surface area contributed by atoms with Crippen molar-refractivity contribution in [2.24, 2.45) is 0 Å². The van der Waals surface area contributed by atoms with Crippen molar-refractivity contribution in [3.05, 3.63) is 0 Å². The summed E-state index contributed by atoms with van der Waals surface area (Å²) in [5.74, 6) is 0. The third-order valence-electron chi connectivity index (χ3n) is 0. The third-order valence-corrected chi connectivity index (χ3v) is 0. The maximum Gasteiger partial charge on any atom is 2.00 e. The molecule has 0 radical (unpaired) electrons. The normalized spacial score (nSPS) is 7.38. The molecule has 0 fully saturated rings. The smallest absolute Gasteiger partial charge is 1.00 e. The van der Waals surface area contributed by atoms with Gasteiger partial charge in [0.05, 0.1) is 0 Å². The largest absolute Gasteiger partial charge is 2.00 e. The number of hydrogen-bond acceptors (Lipinski definition) is 1. The molecule has 0 rings (SSSR count). The molecule has 0 saturated heterocycles. The van der Waals surface area contributed by atoms with Crippen molar-refractivity contribution in [3.63, 3.8) is 0 Å². The summed E-state index contributed by atoms with van der Waals surface area (Å²) in [6, 6.07) is 0. The van der Waals surface area contributed by atoms with E-state index < -0.39 is 7.82 Å². The van der Waals surface area contributed by atoms with E-state index in [-0.39, 0.29) is 53.0 Å². The van der Waals surface area contributed by atoms with E-state index in [4.69, 9.17) is 19.2 Å². The van der Waals surface area contributed by atoms with Crippen molar-refractivity contribution in [1.82, 2.24) is 0 Å². The van der Waals surface area contributed by atoms with E-state index in [0.29, 0.717) is 0 Å². The minimum atomic E-state index is -4.64. The van der Waals surface area contributed by atoms with Crippen LogP contribution in [-0.2, 0) is 4.57 Å². The molecule has 0 bridgehead atoms. The molecule has 0 saturated carbocycles. The first kappa shape index (κ1) is 22.8. The van der Waals surface area contributed by atoms with Gasteiger partial charge in [-0.05, 0) is 0 Å². The van der Waals surface area contributed by atoms with E-state index in [1.54, 1.807) is 0 Å². The van der Waals surface area contributed by atoms with E-state index in [1.807, 2.05) is 0 Å². The molecule has 0 amide bonds. The molecule has 8 heteroatoms. The van der Waals surface area contributed by atoms with Crippen molar-refractivity contribution < 1.29 is 34.5 Å². The molecule has 0 aromatic carbocycles. The van der Waals surface area contributed by atoms with Crippen molar-refractivity contribution in [2.75, 3.05) is 0 Å². The predicted molar refractivity (Wildman–Crippen MR) is 30.6 cm³/mol. The Labute approximate surface area is 79.8 Å². The molecule has 52 valence electrons. The fourth-order valence-electron chi connectivity index (χ4n) is 0. The minimum absolute atomic E-state index is 0. The quantitative estimate of drug-likeness (QED) is 0.275. The first-order valence-corrected chi connectivity index (χ1v) is 2.35. The SMILES string of the molecule is O.O.O=P(O)(O)O.[Ca+2].[H+].[H-].[H-]. The van der Waals surface area contributed by atoms with E-state index in [2.05, 4.69) is 0 Å². The topological polar surface area (TPSA) is 141 Å². The van der Waals surface area contributed by atoms with Crippen LogP contribution in [0.4, 0.5) is 0 Å². The van der Waals surface area contributed by atoms with Gasteiger partial charge >= 0.3 is 47.0 Å². The van der Waals surface area contributed by atoms with E-state index in [0.717, 1.165) is 0 Å². The summed E-state index contributed by atoms with van der Waals surface area (Å²) in [4.78, 5) is 21.6. The van der Waals surface area contributed by atoms with Gasteiger partial charge in [-0.15, -0.1) is 0 Å². The average molecular weight is 177 g/mol. The maximum atomic E-state index is 8.88. The molecule has 0 aromatic heterocycles. The van der Waals surface area contributed by atoms with Crippen molar-refractivity contribution in [1.29, 1.82) is 0 Å². The molecule has 6 nitrogen and oxygen atoms in total. The molecule has 8 heavy (non-hydrogen) atoms. The zero-order chi connectivity index (χ0) is 4.50. The van der Waals surface area contributed by atoms with Crippen LogP contribution in [0.1, 0.15) is 4.28 Å². The monoisotopic (exact) mass is 177 g/mol. The van der Waals surface area contributed by atoms with Crippen molar-refractivity contribution in [3.8, 4) is 0 Å². The standard InChI is InChI=1S/Ca.H3O4P.2H2O.2H/c;1-5(2,3)4;;;;/h;(H3,1,2,3,4);2*1H2;;/q+2;;;;2*-1/p+1. The van der Waals surface area contributed by atoms with Crippen LogP contribution in [0.25, 0.3) is 0 Å². The van der Waals surface area contributed by atoms with Gasteiger partial charge in [0.2, 0.25) is 0 Å². The first-order valence-electron chi connectivity index (χ1n) is 0.783. The Morgan fingerprint density at radius 3 is 1.25 bits per heavy atom. The van der Waals surface area contributed by atoms with Crippen LogP contribution in [0.2, 0.25) is 0 Å². The summed E-state index contributed by atoms with van der Waals surface area (Å²) >= 11 is 0. The van der Waals surface area contributed by atoms with Crippen LogP contribution < -0.4 is 0 Å². The summed E-state index contributed by atoms with van der Waals surface area (Å²) in [7, 11) is -4.64. The molecule has 0 aliphatic rings. The molecule has 0 atom stereocenters. The van der Waals surface area contributed by atoms with Crippen molar-refractivity contribution in [2.45, 2.75) is 0 Å². The Morgan fingerprint density at radius 1 is 1.25 bits per heavy atom. The molecule has 0 spiro atoms. The van der Waals surface area contributed by atoms with Gasteiger partial charge < -0.3 is 28.5 Å². The van der Waals surface area contributed by atoms with Gasteiger partial charge in [-0.3, -0.25) is 0 Å². The van der Waals surface area contributed by atoms with E-state index in [9.17, 15) is 0 Å². The van der Waals surface area contributed by atoms with Crippen LogP contribution >= 0.6 is 7.82 Å². The summed E-state index contributed by atoms with van der Waals surface area (Å²) in [5.41, 5.74) is 0. The number of phosphoric acid groups is 1. The van der Waals surface area contributed by atoms with Gasteiger partial charge in [-0.1, -0.05) is 0 Å². The van der Waals surface area contributed by atoms with Crippen LogP contribution in [-0.4, -0.2) is 63.4 Å². The zero-order valence-corrected chi connectivity index (χ0v) is 7.01. The predicted octanol–water partition coefficient (Wildman–Crippen LogP) is -2.62. The van der Waals surface area contributed by atoms with Crippen LogP contribution in [0, 0.1) is 0 Å². The average Bonchev–Trinajstić information content (AvgIpc) is 0.722. The first-order chi connectivity index (χ1) is 2.00. The molecule has 0 heterocycles. The van der Waals surface area contributed by atoms with Gasteiger partial charge in [0.15, 0.2) is 0 Å². The summed E-state index contributed by atoms with van der Waals surface area (Å²) in [6.45, 7) is 0. The Bertz CT molecular complexity index is 64.0. The summed E-state index contributed by atoms with van der Waals surface area (Å²) in [5, 5.41) is 0. The maximum absolute atomic E-state index is 8.88. The summed E-state index contributed by atoms with van der Waals surface area (Å²) < 4.78 is 8.88. The fraction of sp³-hybridized carbons (Fsp3) is 0.